The van der Waals surface area contributed by atoms with Gasteiger partial charge in [-0.1, -0.05) is 0 Å². The first-order valence-corrected chi connectivity index (χ1v) is 5.76. The number of amides is 1. The quantitative estimate of drug-likeness (QED) is 0.810. The minimum absolute atomic E-state index is 0.105. The molecule has 0 aliphatic carbocycles. The number of nitrogens with one attached hydrogen (secondary N) is 2. The van der Waals surface area contributed by atoms with Gasteiger partial charge in [0.05, 0.1) is 5.56 Å². The summed E-state index contributed by atoms with van der Waals surface area (Å²) in [6.45, 7) is 1.33. The van der Waals surface area contributed by atoms with Crippen molar-refractivity contribution >= 4 is 5.91 Å². The lowest BCUT2D eigenvalue weighted by Gasteiger charge is -2.13. The summed E-state index contributed by atoms with van der Waals surface area (Å²) < 4.78 is 50.6. The maximum Gasteiger partial charge on any atom is 0.419 e. The van der Waals surface area contributed by atoms with Crippen molar-refractivity contribution in [3.63, 3.8) is 0 Å². The van der Waals surface area contributed by atoms with Gasteiger partial charge in [0.15, 0.2) is 0 Å². The van der Waals surface area contributed by atoms with Crippen molar-refractivity contribution in [2.24, 2.45) is 0 Å². The Morgan fingerprint density at radius 2 is 2.11 bits per heavy atom. The van der Waals surface area contributed by atoms with E-state index in [1.807, 2.05) is 0 Å². The van der Waals surface area contributed by atoms with Crippen LogP contribution >= 0.6 is 0 Å². The summed E-state index contributed by atoms with van der Waals surface area (Å²) in [4.78, 5) is 11.8. The summed E-state index contributed by atoms with van der Waals surface area (Å²) in [5, 5.41) is 5.62. The van der Waals surface area contributed by atoms with E-state index in [1.165, 1.54) is 0 Å². The van der Waals surface area contributed by atoms with Crippen LogP contribution in [0.2, 0.25) is 0 Å². The Balaban J connectivity index is 2.18. The van der Waals surface area contributed by atoms with E-state index in [4.69, 9.17) is 0 Å². The Morgan fingerprint density at radius 1 is 1.37 bits per heavy atom. The molecule has 7 heteroatoms. The average molecular weight is 276 g/mol. The monoisotopic (exact) mass is 276 g/mol. The molecule has 1 aliphatic rings. The SMILES string of the molecule is O=C(N[C@@H]1CCNC1)c1ccc(F)c(C(F)(F)F)c1. The molecule has 1 aromatic rings. The van der Waals surface area contributed by atoms with Crippen LogP contribution < -0.4 is 10.6 Å². The first-order chi connectivity index (χ1) is 8.88. The summed E-state index contributed by atoms with van der Waals surface area (Å²) in [5.41, 5.74) is -1.62. The molecule has 3 nitrogen and oxygen atoms in total. The van der Waals surface area contributed by atoms with Gasteiger partial charge in [-0.2, -0.15) is 13.2 Å². The van der Waals surface area contributed by atoms with Crippen molar-refractivity contribution in [2.45, 2.75) is 18.6 Å². The predicted molar refractivity (Wildman–Crippen MR) is 60.1 cm³/mol. The van der Waals surface area contributed by atoms with Gasteiger partial charge in [0.1, 0.15) is 5.82 Å². The molecule has 0 aromatic heterocycles. The Labute approximate surface area is 107 Å². The van der Waals surface area contributed by atoms with E-state index in [0.717, 1.165) is 19.0 Å². The number of rotatable bonds is 2. The van der Waals surface area contributed by atoms with Crippen LogP contribution in [0.25, 0.3) is 0 Å². The Morgan fingerprint density at radius 3 is 2.68 bits per heavy atom. The fraction of sp³-hybridized carbons (Fsp3) is 0.417. The van der Waals surface area contributed by atoms with Gasteiger partial charge >= 0.3 is 6.18 Å². The zero-order valence-electron chi connectivity index (χ0n) is 9.85. The Hall–Kier alpha value is -1.63. The number of benzene rings is 1. The van der Waals surface area contributed by atoms with Crippen LogP contribution in [0.4, 0.5) is 17.6 Å². The van der Waals surface area contributed by atoms with Gasteiger partial charge in [-0.15, -0.1) is 0 Å². The molecule has 1 aliphatic heterocycles. The zero-order valence-corrected chi connectivity index (χ0v) is 9.85. The van der Waals surface area contributed by atoms with E-state index in [-0.39, 0.29) is 11.6 Å². The highest BCUT2D eigenvalue weighted by Gasteiger charge is 2.34. The summed E-state index contributed by atoms with van der Waals surface area (Å²) in [6, 6.07) is 2.13. The second kappa shape index (κ2) is 5.16. The summed E-state index contributed by atoms with van der Waals surface area (Å²) in [7, 11) is 0. The normalized spacial score (nSPS) is 19.5. The number of alkyl halides is 3. The predicted octanol–water partition coefficient (Wildman–Crippen LogP) is 1.94. The molecule has 0 spiro atoms. The molecule has 1 heterocycles. The molecule has 0 saturated carbocycles. The molecule has 2 rings (SSSR count). The molecule has 0 unspecified atom stereocenters. The standard InChI is InChI=1S/C12H12F4N2O/c13-10-2-1-7(5-9(10)12(14,15)16)11(19)18-8-3-4-17-6-8/h1-2,5,8,17H,3-4,6H2,(H,18,19)/t8-/m1/s1. The van der Waals surface area contributed by atoms with E-state index < -0.39 is 23.5 Å². The van der Waals surface area contributed by atoms with Gasteiger partial charge in [-0.25, -0.2) is 4.39 Å². The number of hydrogen-bond acceptors (Lipinski definition) is 2. The Bertz CT molecular complexity index is 481. The number of carbonyl (C=O) groups is 1. The number of hydrogen-bond donors (Lipinski definition) is 2. The highest BCUT2D eigenvalue weighted by Crippen LogP contribution is 2.31. The summed E-state index contributed by atoms with van der Waals surface area (Å²) in [5.74, 6) is -2.01. The first kappa shape index (κ1) is 13.8. The van der Waals surface area contributed by atoms with E-state index in [2.05, 4.69) is 10.6 Å². The minimum atomic E-state index is -4.81. The molecule has 19 heavy (non-hydrogen) atoms. The molecular weight excluding hydrogens is 264 g/mol. The largest absolute Gasteiger partial charge is 0.419 e. The third-order valence-electron chi connectivity index (χ3n) is 2.93. The molecule has 1 fully saturated rings. The van der Waals surface area contributed by atoms with E-state index in [9.17, 15) is 22.4 Å². The Kier molecular flexibility index (Phi) is 3.75. The van der Waals surface area contributed by atoms with Crippen LogP contribution in [0.3, 0.4) is 0 Å². The van der Waals surface area contributed by atoms with Gasteiger partial charge in [0.25, 0.3) is 5.91 Å². The molecular formula is C12H12F4N2O. The summed E-state index contributed by atoms with van der Waals surface area (Å²) in [6.07, 6.45) is -4.09. The molecule has 1 atom stereocenters. The van der Waals surface area contributed by atoms with Crippen LogP contribution in [-0.2, 0) is 6.18 Å². The van der Waals surface area contributed by atoms with Gasteiger partial charge in [0.2, 0.25) is 0 Å². The topological polar surface area (TPSA) is 41.1 Å². The second-order valence-corrected chi connectivity index (χ2v) is 4.36. The van der Waals surface area contributed by atoms with Crippen LogP contribution in [0.15, 0.2) is 18.2 Å². The molecule has 1 saturated heterocycles. The van der Waals surface area contributed by atoms with Crippen molar-refractivity contribution in [1.82, 2.24) is 10.6 Å². The third-order valence-corrected chi connectivity index (χ3v) is 2.93. The molecule has 0 radical (unpaired) electrons. The highest BCUT2D eigenvalue weighted by atomic mass is 19.4. The fourth-order valence-electron chi connectivity index (χ4n) is 1.93. The van der Waals surface area contributed by atoms with Crippen molar-refractivity contribution in [3.8, 4) is 0 Å². The molecule has 104 valence electrons. The van der Waals surface area contributed by atoms with Gasteiger partial charge in [0, 0.05) is 18.2 Å². The van der Waals surface area contributed by atoms with Crippen molar-refractivity contribution in [2.75, 3.05) is 13.1 Å². The molecule has 0 bridgehead atoms. The molecule has 1 amide bonds. The highest BCUT2D eigenvalue weighted by molar-refractivity contribution is 5.94. The van der Waals surface area contributed by atoms with Crippen molar-refractivity contribution < 1.29 is 22.4 Å². The van der Waals surface area contributed by atoms with E-state index in [1.54, 1.807) is 0 Å². The van der Waals surface area contributed by atoms with Crippen molar-refractivity contribution in [1.29, 1.82) is 0 Å². The van der Waals surface area contributed by atoms with Gasteiger partial charge in [-0.05, 0) is 31.2 Å². The van der Waals surface area contributed by atoms with Crippen molar-refractivity contribution in [3.05, 3.63) is 35.1 Å². The van der Waals surface area contributed by atoms with E-state index in [0.29, 0.717) is 18.7 Å². The maximum atomic E-state index is 13.1. The maximum absolute atomic E-state index is 13.1. The summed E-state index contributed by atoms with van der Waals surface area (Å²) >= 11 is 0. The number of halogens is 4. The van der Waals surface area contributed by atoms with Gasteiger partial charge in [-0.3, -0.25) is 4.79 Å². The first-order valence-electron chi connectivity index (χ1n) is 5.76. The van der Waals surface area contributed by atoms with Crippen LogP contribution in [0.5, 0.6) is 0 Å². The molecule has 1 aromatic carbocycles. The smallest absolute Gasteiger partial charge is 0.348 e. The van der Waals surface area contributed by atoms with Crippen LogP contribution in [0.1, 0.15) is 22.3 Å². The van der Waals surface area contributed by atoms with Crippen LogP contribution in [-0.4, -0.2) is 25.0 Å². The zero-order chi connectivity index (χ0) is 14.0. The lowest BCUT2D eigenvalue weighted by Crippen LogP contribution is -2.36. The van der Waals surface area contributed by atoms with Crippen LogP contribution in [0, 0.1) is 5.82 Å². The molecule has 2 N–H and O–H groups in total. The lowest BCUT2D eigenvalue weighted by atomic mass is 10.1. The van der Waals surface area contributed by atoms with E-state index >= 15 is 0 Å². The third kappa shape index (κ3) is 3.23. The fourth-order valence-corrected chi connectivity index (χ4v) is 1.93. The average Bonchev–Trinajstić information content (AvgIpc) is 2.80. The number of carbonyl (C=O) groups excluding carboxylic acids is 1. The van der Waals surface area contributed by atoms with Gasteiger partial charge < -0.3 is 10.6 Å². The second-order valence-electron chi connectivity index (χ2n) is 4.36. The minimum Gasteiger partial charge on any atom is -0.348 e. The lowest BCUT2D eigenvalue weighted by molar-refractivity contribution is -0.140.